The van der Waals surface area contributed by atoms with Gasteiger partial charge in [0.05, 0.1) is 11.9 Å². The lowest BCUT2D eigenvalue weighted by Gasteiger charge is -2.22. The maximum Gasteiger partial charge on any atom is 0.203 e. The van der Waals surface area contributed by atoms with Gasteiger partial charge in [0.1, 0.15) is 0 Å². The number of hydrazone groups is 1. The van der Waals surface area contributed by atoms with Crippen molar-refractivity contribution in [1.29, 1.82) is 0 Å². The minimum Gasteiger partial charge on any atom is -0.372 e. The molecule has 1 aliphatic heterocycles. The first kappa shape index (κ1) is 17.7. The van der Waals surface area contributed by atoms with Gasteiger partial charge in [-0.2, -0.15) is 5.10 Å². The Balaban J connectivity index is 1.35. The van der Waals surface area contributed by atoms with Crippen molar-refractivity contribution in [1.82, 2.24) is 4.98 Å². The molecule has 0 unspecified atom stereocenters. The smallest absolute Gasteiger partial charge is 0.203 e. The maximum atomic E-state index is 4.58. The Bertz CT molecular complexity index is 863. The average molecular weight is 377 g/mol. The van der Waals surface area contributed by atoms with Gasteiger partial charge in [-0.05, 0) is 30.5 Å². The Kier molecular flexibility index (Phi) is 5.80. The summed E-state index contributed by atoms with van der Waals surface area (Å²) in [4.78, 5) is 7.08. The maximum absolute atomic E-state index is 4.58. The van der Waals surface area contributed by atoms with Gasteiger partial charge >= 0.3 is 0 Å². The molecule has 27 heavy (non-hydrogen) atoms. The van der Waals surface area contributed by atoms with E-state index in [1.165, 1.54) is 44.5 Å². The number of rotatable bonds is 5. The molecule has 1 aromatic heterocycles. The van der Waals surface area contributed by atoms with E-state index < -0.39 is 0 Å². The number of benzene rings is 2. The SMILES string of the molecule is C(=NNc1nc(-c2ccccc2)cs1)c1ccc(N2CCCCCC2)cc1. The molecule has 2 aromatic carbocycles. The fourth-order valence-corrected chi connectivity index (χ4v) is 4.00. The lowest BCUT2D eigenvalue weighted by molar-refractivity contribution is 0.726. The molecule has 0 aliphatic carbocycles. The summed E-state index contributed by atoms with van der Waals surface area (Å²) >= 11 is 1.56. The number of nitrogens with one attached hydrogen (secondary N) is 1. The predicted octanol–water partition coefficient (Wildman–Crippen LogP) is 5.64. The summed E-state index contributed by atoms with van der Waals surface area (Å²) in [5.41, 5.74) is 7.53. The van der Waals surface area contributed by atoms with Gasteiger partial charge in [0.2, 0.25) is 5.13 Å². The number of thiazole rings is 1. The zero-order valence-electron chi connectivity index (χ0n) is 15.3. The van der Waals surface area contributed by atoms with Crippen molar-refractivity contribution in [2.45, 2.75) is 25.7 Å². The van der Waals surface area contributed by atoms with Crippen LogP contribution in [0.5, 0.6) is 0 Å². The summed E-state index contributed by atoms with van der Waals surface area (Å²) in [5, 5.41) is 7.18. The van der Waals surface area contributed by atoms with Crippen LogP contribution in [0.3, 0.4) is 0 Å². The lowest BCUT2D eigenvalue weighted by Crippen LogP contribution is -2.23. The topological polar surface area (TPSA) is 40.5 Å². The second kappa shape index (κ2) is 8.82. The second-order valence-corrected chi connectivity index (χ2v) is 7.62. The molecular formula is C22H24N4S. The van der Waals surface area contributed by atoms with Crippen LogP contribution in [0.15, 0.2) is 65.1 Å². The Hall–Kier alpha value is -2.66. The van der Waals surface area contributed by atoms with Crippen LogP contribution in [-0.2, 0) is 0 Å². The summed E-state index contributed by atoms with van der Waals surface area (Å²) in [6, 6.07) is 18.8. The van der Waals surface area contributed by atoms with Gasteiger partial charge < -0.3 is 4.90 Å². The first-order valence-corrected chi connectivity index (χ1v) is 10.4. The fraction of sp³-hybridized carbons (Fsp3) is 0.273. The van der Waals surface area contributed by atoms with Crippen LogP contribution >= 0.6 is 11.3 Å². The Morgan fingerprint density at radius 3 is 2.41 bits per heavy atom. The molecule has 1 saturated heterocycles. The quantitative estimate of drug-likeness (QED) is 0.463. The molecule has 3 aromatic rings. The predicted molar refractivity (Wildman–Crippen MR) is 116 cm³/mol. The van der Waals surface area contributed by atoms with E-state index in [1.807, 2.05) is 29.8 Å². The molecule has 2 heterocycles. The van der Waals surface area contributed by atoms with E-state index >= 15 is 0 Å². The third-order valence-electron chi connectivity index (χ3n) is 4.81. The molecule has 5 heteroatoms. The van der Waals surface area contributed by atoms with Crippen LogP contribution < -0.4 is 10.3 Å². The fourth-order valence-electron chi connectivity index (χ4n) is 3.33. The highest BCUT2D eigenvalue weighted by molar-refractivity contribution is 7.14. The third-order valence-corrected chi connectivity index (χ3v) is 5.56. The average Bonchev–Trinajstić information content (AvgIpc) is 3.02. The summed E-state index contributed by atoms with van der Waals surface area (Å²) in [7, 11) is 0. The molecule has 0 spiro atoms. The van der Waals surface area contributed by atoms with E-state index in [2.05, 4.69) is 56.8 Å². The van der Waals surface area contributed by atoms with Crippen molar-refractivity contribution in [2.24, 2.45) is 5.10 Å². The summed E-state index contributed by atoms with van der Waals surface area (Å²) in [6.07, 6.45) is 7.15. The van der Waals surface area contributed by atoms with Crippen molar-refractivity contribution >= 4 is 28.4 Å². The highest BCUT2D eigenvalue weighted by Gasteiger charge is 2.09. The number of hydrogen-bond acceptors (Lipinski definition) is 5. The number of aromatic nitrogens is 1. The molecule has 1 aliphatic rings. The molecule has 1 N–H and O–H groups in total. The zero-order valence-corrected chi connectivity index (χ0v) is 16.2. The van der Waals surface area contributed by atoms with Crippen LogP contribution in [0, 0.1) is 0 Å². The second-order valence-electron chi connectivity index (χ2n) is 6.77. The van der Waals surface area contributed by atoms with E-state index in [-0.39, 0.29) is 0 Å². The van der Waals surface area contributed by atoms with E-state index in [0.29, 0.717) is 0 Å². The van der Waals surface area contributed by atoms with Crippen molar-refractivity contribution in [3.63, 3.8) is 0 Å². The van der Waals surface area contributed by atoms with Crippen LogP contribution in [-0.4, -0.2) is 24.3 Å². The van der Waals surface area contributed by atoms with Gasteiger partial charge in [0.15, 0.2) is 0 Å². The molecular weight excluding hydrogens is 352 g/mol. The highest BCUT2D eigenvalue weighted by atomic mass is 32.1. The van der Waals surface area contributed by atoms with E-state index in [4.69, 9.17) is 0 Å². The Labute approximate surface area is 164 Å². The number of anilines is 2. The lowest BCUT2D eigenvalue weighted by atomic mass is 10.2. The van der Waals surface area contributed by atoms with E-state index in [1.54, 1.807) is 11.3 Å². The highest BCUT2D eigenvalue weighted by Crippen LogP contribution is 2.24. The van der Waals surface area contributed by atoms with Gasteiger partial charge in [0, 0.05) is 29.7 Å². The van der Waals surface area contributed by atoms with Crippen molar-refractivity contribution in [2.75, 3.05) is 23.4 Å². The third kappa shape index (κ3) is 4.74. The first-order chi connectivity index (χ1) is 13.4. The van der Waals surface area contributed by atoms with E-state index in [9.17, 15) is 0 Å². The summed E-state index contributed by atoms with van der Waals surface area (Å²) in [5.74, 6) is 0. The molecule has 0 radical (unpaired) electrons. The molecule has 1 fully saturated rings. The molecule has 0 amide bonds. The number of nitrogens with zero attached hydrogens (tertiary/aromatic N) is 3. The minimum absolute atomic E-state index is 0.797. The van der Waals surface area contributed by atoms with Crippen molar-refractivity contribution < 1.29 is 0 Å². The molecule has 4 nitrogen and oxygen atoms in total. The van der Waals surface area contributed by atoms with Gasteiger partial charge in [-0.3, -0.25) is 5.43 Å². The summed E-state index contributed by atoms with van der Waals surface area (Å²) in [6.45, 7) is 2.34. The molecule has 0 bridgehead atoms. The van der Waals surface area contributed by atoms with Crippen LogP contribution in [0.25, 0.3) is 11.3 Å². The normalized spacial score (nSPS) is 15.0. The van der Waals surface area contributed by atoms with Crippen molar-refractivity contribution in [3.8, 4) is 11.3 Å². The zero-order chi connectivity index (χ0) is 18.3. The number of hydrogen-bond donors (Lipinski definition) is 1. The molecule has 138 valence electrons. The Morgan fingerprint density at radius 1 is 0.926 bits per heavy atom. The van der Waals surface area contributed by atoms with E-state index in [0.717, 1.165) is 22.0 Å². The molecule has 0 atom stereocenters. The largest absolute Gasteiger partial charge is 0.372 e. The van der Waals surface area contributed by atoms with Gasteiger partial charge in [-0.25, -0.2) is 4.98 Å². The van der Waals surface area contributed by atoms with Crippen molar-refractivity contribution in [3.05, 3.63) is 65.5 Å². The Morgan fingerprint density at radius 2 is 1.67 bits per heavy atom. The summed E-state index contributed by atoms with van der Waals surface area (Å²) < 4.78 is 0. The van der Waals surface area contributed by atoms with Crippen LogP contribution in [0.2, 0.25) is 0 Å². The standard InChI is InChI=1S/C22H24N4S/c1-2-7-15-26(14-6-1)20-12-10-18(11-13-20)16-23-25-22-24-21(17-27-22)19-8-4-3-5-9-19/h3-5,8-13,16-17H,1-2,6-7,14-15H2,(H,24,25). The molecule has 0 saturated carbocycles. The monoisotopic (exact) mass is 376 g/mol. The van der Waals surface area contributed by atoms with Crippen LogP contribution in [0.1, 0.15) is 31.2 Å². The molecule has 4 rings (SSSR count). The van der Waals surface area contributed by atoms with Gasteiger partial charge in [-0.15, -0.1) is 11.3 Å². The van der Waals surface area contributed by atoms with Gasteiger partial charge in [-0.1, -0.05) is 55.3 Å². The van der Waals surface area contributed by atoms with Gasteiger partial charge in [0.25, 0.3) is 0 Å². The first-order valence-electron chi connectivity index (χ1n) is 9.53. The minimum atomic E-state index is 0.797. The van der Waals surface area contributed by atoms with Crippen LogP contribution in [0.4, 0.5) is 10.8 Å².